The summed E-state index contributed by atoms with van der Waals surface area (Å²) in [6.45, 7) is -0.0584. The van der Waals surface area contributed by atoms with Crippen molar-refractivity contribution in [2.45, 2.75) is 87.5 Å². The van der Waals surface area contributed by atoms with Crippen molar-refractivity contribution in [2.75, 3.05) is 19.8 Å². The van der Waals surface area contributed by atoms with Crippen molar-refractivity contribution >= 4 is 11.9 Å². The second-order valence-electron chi connectivity index (χ2n) is 11.2. The Kier molecular flexibility index (Phi) is 12.7. The summed E-state index contributed by atoms with van der Waals surface area (Å²) in [5, 5.41) is 89.6. The van der Waals surface area contributed by atoms with Crippen molar-refractivity contribution in [3.63, 3.8) is 0 Å². The maximum atomic E-state index is 13.3. The number of allylic oxidation sites excluding steroid dienone is 1. The Hall–Kier alpha value is -3.20. The molecule has 262 valence electrons. The Balaban J connectivity index is 1.53. The number of benzene rings is 1. The van der Waals surface area contributed by atoms with E-state index < -0.39 is 105 Å². The quantitative estimate of drug-likeness (QED) is 0.0828. The standard InChI is InChI=1S/C30H40O17/c1-2-15-16(9-20(34)46-29-25(39)23(37)21(35)18(10-31)44-29)17(27(41)42-8-7-13-3-5-14(33)6-4-13)12-43-28(15)47-30-26(40)24(38)22(36)19(11-32)45-30/h2-6,12,16,18-19,21-26,28-33,35-40H,7-11H2,1H3/b15-2+/t16-,18-,19+,21-,22+,23-,24+,25-,26+,28-,29-,30-/m0/s1. The number of aromatic hydroxyl groups is 1. The van der Waals surface area contributed by atoms with E-state index >= 15 is 0 Å². The second kappa shape index (κ2) is 16.3. The molecule has 0 unspecified atom stereocenters. The van der Waals surface area contributed by atoms with E-state index in [4.69, 9.17) is 28.4 Å². The highest BCUT2D eigenvalue weighted by Gasteiger charge is 2.48. The van der Waals surface area contributed by atoms with Gasteiger partial charge in [0.15, 0.2) is 6.29 Å². The molecule has 1 aromatic rings. The van der Waals surface area contributed by atoms with Gasteiger partial charge in [0, 0.05) is 17.9 Å². The average molecular weight is 673 g/mol. The Morgan fingerprint density at radius 2 is 1.40 bits per heavy atom. The van der Waals surface area contributed by atoms with Crippen LogP contribution < -0.4 is 0 Å². The largest absolute Gasteiger partial charge is 0.508 e. The molecular formula is C30H40O17. The van der Waals surface area contributed by atoms with Gasteiger partial charge in [-0.25, -0.2) is 4.79 Å². The van der Waals surface area contributed by atoms with Crippen LogP contribution >= 0.6 is 0 Å². The lowest BCUT2D eigenvalue weighted by molar-refractivity contribution is -0.327. The summed E-state index contributed by atoms with van der Waals surface area (Å²) in [5.41, 5.74) is 0.718. The van der Waals surface area contributed by atoms with Crippen LogP contribution in [-0.4, -0.2) is 145 Å². The summed E-state index contributed by atoms with van der Waals surface area (Å²) >= 11 is 0. The third-order valence-corrected chi connectivity index (χ3v) is 8.07. The Labute approximate surface area is 268 Å². The van der Waals surface area contributed by atoms with Crippen molar-refractivity contribution in [3.05, 3.63) is 53.3 Å². The second-order valence-corrected chi connectivity index (χ2v) is 11.2. The van der Waals surface area contributed by atoms with E-state index in [1.807, 2.05) is 0 Å². The van der Waals surface area contributed by atoms with E-state index in [1.54, 1.807) is 12.1 Å². The number of aliphatic hydroxyl groups excluding tert-OH is 8. The molecule has 0 amide bonds. The molecule has 1 aromatic carbocycles. The summed E-state index contributed by atoms with van der Waals surface area (Å²) in [5.74, 6) is -3.06. The first-order valence-electron chi connectivity index (χ1n) is 14.8. The number of hydrogen-bond donors (Lipinski definition) is 9. The first-order chi connectivity index (χ1) is 22.4. The van der Waals surface area contributed by atoms with E-state index in [2.05, 4.69) is 0 Å². The first kappa shape index (κ1) is 36.6. The highest BCUT2D eigenvalue weighted by molar-refractivity contribution is 5.91. The minimum Gasteiger partial charge on any atom is -0.508 e. The zero-order chi connectivity index (χ0) is 34.4. The van der Waals surface area contributed by atoms with E-state index in [0.717, 1.165) is 11.8 Å². The molecule has 47 heavy (non-hydrogen) atoms. The third-order valence-electron chi connectivity index (χ3n) is 8.07. The fraction of sp³-hybridized carbons (Fsp3) is 0.600. The third kappa shape index (κ3) is 8.45. The molecule has 0 bridgehead atoms. The lowest BCUT2D eigenvalue weighted by atomic mass is 9.86. The number of ether oxygens (including phenoxy) is 6. The number of hydrogen-bond acceptors (Lipinski definition) is 17. The molecule has 3 aliphatic heterocycles. The predicted molar refractivity (Wildman–Crippen MR) is 152 cm³/mol. The van der Waals surface area contributed by atoms with Gasteiger partial charge in [-0.15, -0.1) is 0 Å². The average Bonchev–Trinajstić information content (AvgIpc) is 3.06. The monoisotopic (exact) mass is 672 g/mol. The molecule has 0 aliphatic carbocycles. The smallest absolute Gasteiger partial charge is 0.337 e. The van der Waals surface area contributed by atoms with Crippen LogP contribution in [-0.2, 0) is 44.4 Å². The molecule has 3 heterocycles. The van der Waals surface area contributed by atoms with Gasteiger partial charge in [0.1, 0.15) is 54.6 Å². The molecule has 12 atom stereocenters. The van der Waals surface area contributed by atoms with Crippen LogP contribution in [0.15, 0.2) is 47.7 Å². The molecule has 4 rings (SSSR count). The van der Waals surface area contributed by atoms with E-state index in [1.165, 1.54) is 25.1 Å². The van der Waals surface area contributed by atoms with Crippen LogP contribution in [0.5, 0.6) is 5.75 Å². The van der Waals surface area contributed by atoms with Crippen LogP contribution in [0, 0.1) is 5.92 Å². The fourth-order valence-electron chi connectivity index (χ4n) is 5.32. The summed E-state index contributed by atoms with van der Waals surface area (Å²) < 4.78 is 32.7. The van der Waals surface area contributed by atoms with Gasteiger partial charge < -0.3 is 74.4 Å². The Morgan fingerprint density at radius 1 is 0.830 bits per heavy atom. The van der Waals surface area contributed by atoms with E-state index in [-0.39, 0.29) is 29.9 Å². The molecule has 0 radical (unpaired) electrons. The molecule has 0 saturated carbocycles. The van der Waals surface area contributed by atoms with Gasteiger partial charge in [-0.05, 0) is 24.6 Å². The Bertz CT molecular complexity index is 1260. The lowest BCUT2D eigenvalue weighted by Gasteiger charge is -2.42. The minimum absolute atomic E-state index is 0.0630. The van der Waals surface area contributed by atoms with Gasteiger partial charge in [-0.3, -0.25) is 4.79 Å². The minimum atomic E-state index is -1.88. The number of carbonyl (C=O) groups excluding carboxylic acids is 2. The number of carbonyl (C=O) groups is 2. The van der Waals surface area contributed by atoms with E-state index in [9.17, 15) is 55.5 Å². The SMILES string of the molecule is C/C=C1/[C@H](O[C@@H]2O[C@H](CO)[C@@H](O)[C@@H](O)[C@H]2O)OC=C(C(=O)OCCc2ccc(O)cc2)[C@H]1CC(=O)O[C@@H]1O[C@@H](CO)[C@H](O)[C@H](O)[C@@H]1O. The predicted octanol–water partition coefficient (Wildman–Crippen LogP) is -3.17. The van der Waals surface area contributed by atoms with Gasteiger partial charge in [0.2, 0.25) is 12.6 Å². The number of esters is 2. The van der Waals surface area contributed by atoms with Crippen LogP contribution in [0.1, 0.15) is 18.9 Å². The zero-order valence-corrected chi connectivity index (χ0v) is 25.2. The number of phenols is 1. The molecule has 2 saturated heterocycles. The maximum absolute atomic E-state index is 13.3. The topological polar surface area (TPSA) is 272 Å². The van der Waals surface area contributed by atoms with Gasteiger partial charge in [-0.2, -0.15) is 0 Å². The summed E-state index contributed by atoms with van der Waals surface area (Å²) in [4.78, 5) is 26.5. The highest BCUT2D eigenvalue weighted by atomic mass is 16.8. The molecule has 0 aromatic heterocycles. The molecule has 17 nitrogen and oxygen atoms in total. The number of rotatable bonds is 11. The summed E-state index contributed by atoms with van der Waals surface area (Å²) in [6.07, 6.45) is -16.1. The normalized spacial score (nSPS) is 36.7. The fourth-order valence-corrected chi connectivity index (χ4v) is 5.32. The first-order valence-corrected chi connectivity index (χ1v) is 14.8. The van der Waals surface area contributed by atoms with Gasteiger partial charge in [0.05, 0.1) is 38.1 Å². The maximum Gasteiger partial charge on any atom is 0.337 e. The summed E-state index contributed by atoms with van der Waals surface area (Å²) in [6, 6.07) is 6.23. The zero-order valence-electron chi connectivity index (χ0n) is 25.2. The molecule has 9 N–H and O–H groups in total. The molecule has 3 aliphatic rings. The molecule has 0 spiro atoms. The molecule has 2 fully saturated rings. The van der Waals surface area contributed by atoms with Gasteiger partial charge >= 0.3 is 11.9 Å². The van der Waals surface area contributed by atoms with Crippen molar-refractivity contribution in [2.24, 2.45) is 5.92 Å². The molecule has 17 heteroatoms. The van der Waals surface area contributed by atoms with Crippen LogP contribution in [0.4, 0.5) is 0 Å². The van der Waals surface area contributed by atoms with E-state index in [0.29, 0.717) is 0 Å². The van der Waals surface area contributed by atoms with Crippen molar-refractivity contribution < 1.29 is 84.0 Å². The van der Waals surface area contributed by atoms with Crippen LogP contribution in [0.3, 0.4) is 0 Å². The Morgan fingerprint density at radius 3 is 1.98 bits per heavy atom. The number of aliphatic hydroxyl groups is 8. The highest BCUT2D eigenvalue weighted by Crippen LogP contribution is 2.37. The van der Waals surface area contributed by atoms with Crippen molar-refractivity contribution in [1.29, 1.82) is 0 Å². The van der Waals surface area contributed by atoms with Gasteiger partial charge in [0.25, 0.3) is 0 Å². The van der Waals surface area contributed by atoms with Crippen LogP contribution in [0.25, 0.3) is 0 Å². The lowest BCUT2D eigenvalue weighted by Crippen LogP contribution is -2.60. The molecular weight excluding hydrogens is 632 g/mol. The summed E-state index contributed by atoms with van der Waals surface area (Å²) in [7, 11) is 0. The van der Waals surface area contributed by atoms with Gasteiger partial charge in [-0.1, -0.05) is 18.2 Å². The van der Waals surface area contributed by atoms with Crippen molar-refractivity contribution in [3.8, 4) is 5.75 Å². The number of phenolic OH excluding ortho intramolecular Hbond substituents is 1. The van der Waals surface area contributed by atoms with Crippen LogP contribution in [0.2, 0.25) is 0 Å². The van der Waals surface area contributed by atoms with Crippen molar-refractivity contribution in [1.82, 2.24) is 0 Å².